The van der Waals surface area contributed by atoms with E-state index in [9.17, 15) is 27.6 Å². The van der Waals surface area contributed by atoms with E-state index in [4.69, 9.17) is 11.6 Å². The number of pyridine rings is 1. The number of rotatable bonds is 10. The Morgan fingerprint density at radius 2 is 1.60 bits per heavy atom. The van der Waals surface area contributed by atoms with Crippen LogP contribution in [0.4, 0.5) is 24.5 Å². The Hall–Kier alpha value is -4.90. The largest absolute Gasteiger partial charge is 0.416 e. The van der Waals surface area contributed by atoms with Gasteiger partial charge in [-0.05, 0) is 85.5 Å². The first-order valence-electron chi connectivity index (χ1n) is 15.6. The highest BCUT2D eigenvalue weighted by atomic mass is 35.5. The van der Waals surface area contributed by atoms with Crippen LogP contribution in [0.2, 0.25) is 0 Å². The number of hydrogen-bond acceptors (Lipinski definition) is 5. The molecule has 1 aromatic heterocycles. The molecule has 2 heterocycles. The van der Waals surface area contributed by atoms with Gasteiger partial charge < -0.3 is 20.4 Å². The molecule has 12 heteroatoms. The average Bonchev–Trinajstić information content (AvgIpc) is 3.10. The van der Waals surface area contributed by atoms with Gasteiger partial charge in [0.2, 0.25) is 0 Å². The Balaban J connectivity index is 1.41. The molecule has 0 saturated carbocycles. The number of amides is 3. The van der Waals surface area contributed by atoms with Crippen molar-refractivity contribution in [3.8, 4) is 11.3 Å². The summed E-state index contributed by atoms with van der Waals surface area (Å²) in [5, 5.41) is 5.64. The van der Waals surface area contributed by atoms with Crippen LogP contribution >= 0.6 is 11.6 Å². The zero-order valence-electron chi connectivity index (χ0n) is 26.3. The lowest BCUT2D eigenvalue weighted by Crippen LogP contribution is -2.29. The predicted octanol–water partition coefficient (Wildman–Crippen LogP) is 7.25. The molecule has 4 aromatic rings. The van der Waals surface area contributed by atoms with Crippen LogP contribution in [0.3, 0.4) is 0 Å². The van der Waals surface area contributed by atoms with Crippen LogP contribution in [0.5, 0.6) is 0 Å². The molecule has 0 unspecified atom stereocenters. The van der Waals surface area contributed by atoms with Crippen molar-refractivity contribution in [3.05, 3.63) is 113 Å². The highest BCUT2D eigenvalue weighted by Gasteiger charge is 2.30. The first-order chi connectivity index (χ1) is 23.0. The van der Waals surface area contributed by atoms with Gasteiger partial charge in [0, 0.05) is 73.2 Å². The summed E-state index contributed by atoms with van der Waals surface area (Å²) in [5.41, 5.74) is 2.78. The average molecular weight is 678 g/mol. The molecule has 0 bridgehead atoms. The standard InChI is InChI=1S/C36H35ClF3N5O3/c1-44(18-14-37)35(48)27-9-6-8-25(20-27)34(47)43-31-12-11-29(45-16-3-2-4-17-45)22-30(31)32-21-26(13-15-41-32)33(46)42-23-24-7-5-10-28(19-24)36(38,39)40/h5-13,15,19-22H,2-4,14,16-18,23H2,1H3,(H,42,46)(H,43,47). The van der Waals surface area contributed by atoms with E-state index in [-0.39, 0.29) is 29.5 Å². The third-order valence-corrected chi connectivity index (χ3v) is 8.29. The molecule has 1 aliphatic heterocycles. The van der Waals surface area contributed by atoms with Crippen molar-refractivity contribution in [3.63, 3.8) is 0 Å². The van der Waals surface area contributed by atoms with Gasteiger partial charge in [0.05, 0.1) is 16.9 Å². The number of carbonyl (C=O) groups is 3. The maximum atomic E-state index is 13.5. The van der Waals surface area contributed by atoms with E-state index in [1.54, 1.807) is 37.4 Å². The predicted molar refractivity (Wildman–Crippen MR) is 180 cm³/mol. The minimum atomic E-state index is -4.49. The van der Waals surface area contributed by atoms with E-state index >= 15 is 0 Å². The van der Waals surface area contributed by atoms with E-state index in [0.29, 0.717) is 34.6 Å². The molecule has 3 amide bonds. The molecule has 1 aliphatic rings. The lowest BCUT2D eigenvalue weighted by Gasteiger charge is -2.29. The van der Waals surface area contributed by atoms with Crippen molar-refractivity contribution in [2.24, 2.45) is 0 Å². The normalized spacial score (nSPS) is 13.1. The SMILES string of the molecule is CN(CCCl)C(=O)c1cccc(C(=O)Nc2ccc(N3CCCCC3)cc2-c2cc(C(=O)NCc3cccc(C(F)(F)F)c3)ccn2)c1. The van der Waals surface area contributed by atoms with Crippen molar-refractivity contribution >= 4 is 40.7 Å². The second-order valence-corrected chi connectivity index (χ2v) is 11.9. The van der Waals surface area contributed by atoms with Crippen LogP contribution in [0.25, 0.3) is 11.3 Å². The van der Waals surface area contributed by atoms with Crippen LogP contribution in [-0.4, -0.2) is 60.2 Å². The van der Waals surface area contributed by atoms with Crippen LogP contribution in [-0.2, 0) is 12.7 Å². The molecule has 0 spiro atoms. The zero-order chi connectivity index (χ0) is 34.3. The Bertz CT molecular complexity index is 1790. The van der Waals surface area contributed by atoms with Crippen LogP contribution in [0, 0.1) is 0 Å². The van der Waals surface area contributed by atoms with Gasteiger partial charge in [-0.15, -0.1) is 11.6 Å². The van der Waals surface area contributed by atoms with Crippen LogP contribution < -0.4 is 15.5 Å². The minimum absolute atomic E-state index is 0.102. The van der Waals surface area contributed by atoms with Crippen molar-refractivity contribution in [1.82, 2.24) is 15.2 Å². The fraction of sp³-hybridized carbons (Fsp3) is 0.278. The molecule has 5 rings (SSSR count). The zero-order valence-corrected chi connectivity index (χ0v) is 27.1. The topological polar surface area (TPSA) is 94.6 Å². The van der Waals surface area contributed by atoms with Gasteiger partial charge in [-0.2, -0.15) is 13.2 Å². The van der Waals surface area contributed by atoms with Gasteiger partial charge >= 0.3 is 6.18 Å². The van der Waals surface area contributed by atoms with E-state index in [2.05, 4.69) is 20.5 Å². The first-order valence-corrected chi connectivity index (χ1v) is 16.1. The number of carbonyl (C=O) groups excluding carboxylic acids is 3. The lowest BCUT2D eigenvalue weighted by molar-refractivity contribution is -0.137. The summed E-state index contributed by atoms with van der Waals surface area (Å²) < 4.78 is 39.5. The number of halogens is 4. The molecule has 0 radical (unpaired) electrons. The molecule has 1 fully saturated rings. The minimum Gasteiger partial charge on any atom is -0.372 e. The Morgan fingerprint density at radius 1 is 0.875 bits per heavy atom. The molecule has 2 N–H and O–H groups in total. The summed E-state index contributed by atoms with van der Waals surface area (Å²) in [7, 11) is 1.64. The first kappa shape index (κ1) is 34.4. The number of aromatic nitrogens is 1. The summed E-state index contributed by atoms with van der Waals surface area (Å²) >= 11 is 5.79. The maximum Gasteiger partial charge on any atom is 0.416 e. The molecule has 0 atom stereocenters. The summed E-state index contributed by atoms with van der Waals surface area (Å²) in [4.78, 5) is 47.7. The highest BCUT2D eigenvalue weighted by molar-refractivity contribution is 6.18. The molecule has 48 heavy (non-hydrogen) atoms. The summed E-state index contributed by atoms with van der Waals surface area (Å²) in [6.07, 6.45) is 0.253. The smallest absolute Gasteiger partial charge is 0.372 e. The highest BCUT2D eigenvalue weighted by Crippen LogP contribution is 2.33. The third-order valence-electron chi connectivity index (χ3n) is 8.12. The summed E-state index contributed by atoms with van der Waals surface area (Å²) in [5.74, 6) is -0.906. The number of hydrogen-bond donors (Lipinski definition) is 2. The van der Waals surface area contributed by atoms with Gasteiger partial charge in [0.1, 0.15) is 0 Å². The number of nitrogens with one attached hydrogen (secondary N) is 2. The Labute approximate surface area is 281 Å². The number of nitrogens with zero attached hydrogens (tertiary/aromatic N) is 3. The Morgan fingerprint density at radius 3 is 2.35 bits per heavy atom. The number of benzene rings is 3. The molecule has 1 saturated heterocycles. The number of anilines is 2. The lowest BCUT2D eigenvalue weighted by atomic mass is 10.0. The van der Waals surface area contributed by atoms with E-state index in [1.807, 2.05) is 12.1 Å². The van der Waals surface area contributed by atoms with E-state index < -0.39 is 23.6 Å². The molecule has 0 aliphatic carbocycles. The molecular formula is C36H35ClF3N5O3. The molecule has 250 valence electrons. The Kier molecular flexibility index (Phi) is 11.0. The van der Waals surface area contributed by atoms with Gasteiger partial charge in [0.15, 0.2) is 0 Å². The van der Waals surface area contributed by atoms with Gasteiger partial charge in [0.25, 0.3) is 17.7 Å². The van der Waals surface area contributed by atoms with Crippen molar-refractivity contribution in [2.45, 2.75) is 32.0 Å². The van der Waals surface area contributed by atoms with Gasteiger partial charge in [-0.1, -0.05) is 18.2 Å². The quantitative estimate of drug-likeness (QED) is 0.173. The third kappa shape index (κ3) is 8.51. The van der Waals surface area contributed by atoms with Crippen molar-refractivity contribution < 1.29 is 27.6 Å². The number of alkyl halides is 4. The summed E-state index contributed by atoms with van der Waals surface area (Å²) in [6, 6.07) is 20.0. The van der Waals surface area contributed by atoms with Crippen molar-refractivity contribution in [2.75, 3.05) is 42.8 Å². The fourth-order valence-corrected chi connectivity index (χ4v) is 5.75. The maximum absolute atomic E-state index is 13.5. The molecule has 8 nitrogen and oxygen atoms in total. The van der Waals surface area contributed by atoms with Crippen LogP contribution in [0.15, 0.2) is 85.1 Å². The second-order valence-electron chi connectivity index (χ2n) is 11.5. The molecular weight excluding hydrogens is 643 g/mol. The van der Waals surface area contributed by atoms with E-state index in [1.165, 1.54) is 35.4 Å². The number of piperidine rings is 1. The fourth-order valence-electron chi connectivity index (χ4n) is 5.50. The summed E-state index contributed by atoms with van der Waals surface area (Å²) in [6.45, 7) is 2.03. The van der Waals surface area contributed by atoms with Crippen molar-refractivity contribution in [1.29, 1.82) is 0 Å². The van der Waals surface area contributed by atoms with Gasteiger partial charge in [-0.25, -0.2) is 0 Å². The van der Waals surface area contributed by atoms with Crippen LogP contribution in [0.1, 0.15) is 61.5 Å². The second kappa shape index (κ2) is 15.3. The monoisotopic (exact) mass is 677 g/mol. The van der Waals surface area contributed by atoms with E-state index in [0.717, 1.165) is 50.2 Å². The van der Waals surface area contributed by atoms with Gasteiger partial charge in [-0.3, -0.25) is 19.4 Å². The molecule has 3 aromatic carbocycles.